The van der Waals surface area contributed by atoms with E-state index in [-0.39, 0.29) is 11.8 Å². The van der Waals surface area contributed by atoms with Crippen molar-refractivity contribution in [2.24, 2.45) is 7.05 Å². The fourth-order valence-corrected chi connectivity index (χ4v) is 3.97. The Balaban J connectivity index is 1.78. The zero-order chi connectivity index (χ0) is 20.6. The molecule has 156 valence electrons. The van der Waals surface area contributed by atoms with E-state index in [9.17, 15) is 9.59 Å². The highest BCUT2D eigenvalue weighted by atomic mass is 16.2. The minimum Gasteiger partial charge on any atom is -0.338 e. The quantitative estimate of drug-likeness (QED) is 0.795. The van der Waals surface area contributed by atoms with Gasteiger partial charge in [-0.25, -0.2) is 0 Å². The summed E-state index contributed by atoms with van der Waals surface area (Å²) in [5, 5.41) is 4.19. The zero-order valence-corrected chi connectivity index (χ0v) is 17.6. The maximum Gasteiger partial charge on any atom is 0.223 e. The summed E-state index contributed by atoms with van der Waals surface area (Å²) >= 11 is 0. The molecule has 2 amide bonds. The van der Waals surface area contributed by atoms with Gasteiger partial charge in [0.15, 0.2) is 0 Å². The minimum absolute atomic E-state index is 0.0592. The van der Waals surface area contributed by atoms with Gasteiger partial charge in [0.2, 0.25) is 11.8 Å². The van der Waals surface area contributed by atoms with E-state index >= 15 is 0 Å². The van der Waals surface area contributed by atoms with Crippen LogP contribution in [0, 0.1) is 0 Å². The third-order valence-corrected chi connectivity index (χ3v) is 5.57. The van der Waals surface area contributed by atoms with Gasteiger partial charge in [0.05, 0.1) is 6.20 Å². The third kappa shape index (κ3) is 5.92. The fraction of sp³-hybridized carbons (Fsp3) is 0.522. The monoisotopic (exact) mass is 396 g/mol. The Kier molecular flexibility index (Phi) is 7.44. The van der Waals surface area contributed by atoms with Crippen LogP contribution in [0.5, 0.6) is 0 Å². The smallest absolute Gasteiger partial charge is 0.223 e. The van der Waals surface area contributed by atoms with Gasteiger partial charge in [-0.1, -0.05) is 37.5 Å². The number of nitrogens with zero attached hydrogens (tertiary/aromatic N) is 4. The lowest BCUT2D eigenvalue weighted by molar-refractivity contribution is -0.131. The van der Waals surface area contributed by atoms with E-state index in [1.807, 2.05) is 53.5 Å². The first-order valence-corrected chi connectivity index (χ1v) is 10.7. The Morgan fingerprint density at radius 3 is 2.48 bits per heavy atom. The molecule has 1 aliphatic heterocycles. The second-order valence-corrected chi connectivity index (χ2v) is 7.90. The first-order chi connectivity index (χ1) is 14.0. The van der Waals surface area contributed by atoms with E-state index < -0.39 is 0 Å². The molecule has 1 aromatic carbocycles. The second-order valence-electron chi connectivity index (χ2n) is 7.90. The van der Waals surface area contributed by atoms with Crippen LogP contribution in [-0.2, 0) is 29.6 Å². The molecule has 0 bridgehead atoms. The molecule has 29 heavy (non-hydrogen) atoms. The number of aryl methyl sites for hydroxylation is 2. The van der Waals surface area contributed by atoms with E-state index in [1.54, 1.807) is 11.6 Å². The van der Waals surface area contributed by atoms with Gasteiger partial charge in [-0.05, 0) is 36.5 Å². The molecule has 0 fully saturated rings. The van der Waals surface area contributed by atoms with Crippen LogP contribution in [0.25, 0.3) is 0 Å². The molecule has 0 atom stereocenters. The predicted octanol–water partition coefficient (Wildman–Crippen LogP) is 3.70. The summed E-state index contributed by atoms with van der Waals surface area (Å²) in [5.74, 6) is 0.221. The molecule has 0 saturated heterocycles. The molecule has 3 rings (SSSR count). The summed E-state index contributed by atoms with van der Waals surface area (Å²) < 4.78 is 1.77. The van der Waals surface area contributed by atoms with Gasteiger partial charge in [0.25, 0.3) is 0 Å². The summed E-state index contributed by atoms with van der Waals surface area (Å²) in [6.07, 6.45) is 10.4. The Hall–Kier alpha value is -2.63. The number of carbonyl (C=O) groups is 2. The van der Waals surface area contributed by atoms with Crippen LogP contribution in [0.4, 0.5) is 5.69 Å². The molecule has 0 aliphatic carbocycles. The average Bonchev–Trinajstić information content (AvgIpc) is 3.11. The molecule has 6 nitrogen and oxygen atoms in total. The number of amides is 2. The average molecular weight is 397 g/mol. The molecule has 0 N–H and O–H groups in total. The molecule has 0 spiro atoms. The van der Waals surface area contributed by atoms with Crippen molar-refractivity contribution in [1.29, 1.82) is 0 Å². The number of anilines is 1. The van der Waals surface area contributed by atoms with Gasteiger partial charge in [-0.2, -0.15) is 5.10 Å². The van der Waals surface area contributed by atoms with Gasteiger partial charge in [-0.15, -0.1) is 0 Å². The SMILES string of the molecule is CC(=O)N1CCCCCCCN(C(=O)CCc2cnn(C)c2)Cc2ccccc21. The van der Waals surface area contributed by atoms with Crippen LogP contribution in [0.15, 0.2) is 36.7 Å². The van der Waals surface area contributed by atoms with Crippen LogP contribution >= 0.6 is 0 Å². The van der Waals surface area contributed by atoms with Gasteiger partial charge in [-0.3, -0.25) is 14.3 Å². The number of aromatic nitrogens is 2. The lowest BCUT2D eigenvalue weighted by Crippen LogP contribution is -2.34. The highest BCUT2D eigenvalue weighted by Gasteiger charge is 2.20. The van der Waals surface area contributed by atoms with Crippen LogP contribution in [0.1, 0.15) is 56.6 Å². The van der Waals surface area contributed by atoms with E-state index in [0.717, 1.165) is 62.0 Å². The van der Waals surface area contributed by atoms with Gasteiger partial charge < -0.3 is 9.80 Å². The fourth-order valence-electron chi connectivity index (χ4n) is 3.97. The number of carbonyl (C=O) groups excluding carboxylic acids is 2. The lowest BCUT2D eigenvalue weighted by atomic mass is 10.1. The first-order valence-electron chi connectivity index (χ1n) is 10.7. The molecule has 0 saturated carbocycles. The van der Waals surface area contributed by atoms with Crippen molar-refractivity contribution in [3.05, 3.63) is 47.8 Å². The summed E-state index contributed by atoms with van der Waals surface area (Å²) in [6.45, 7) is 3.67. The molecule has 6 heteroatoms. The topological polar surface area (TPSA) is 58.4 Å². The van der Waals surface area contributed by atoms with E-state index in [1.165, 1.54) is 0 Å². The standard InChI is InChI=1S/C23H32N4O2/c1-19(28)27-15-9-5-3-4-8-14-26(18-21-10-6-7-11-22(21)27)23(29)13-12-20-16-24-25(2)17-20/h6-7,10-11,16-17H,3-5,8-9,12-15,18H2,1-2H3. The lowest BCUT2D eigenvalue weighted by Gasteiger charge is -2.29. The van der Waals surface area contributed by atoms with Gasteiger partial charge >= 0.3 is 0 Å². The van der Waals surface area contributed by atoms with E-state index in [0.29, 0.717) is 19.4 Å². The van der Waals surface area contributed by atoms with Crippen LogP contribution in [0.3, 0.4) is 0 Å². The molecule has 1 aliphatic rings. The van der Waals surface area contributed by atoms with Gasteiger partial charge in [0, 0.05) is 51.9 Å². The molecule has 2 aromatic rings. The summed E-state index contributed by atoms with van der Waals surface area (Å²) in [5.41, 5.74) is 3.06. The van der Waals surface area contributed by atoms with Crippen molar-refractivity contribution >= 4 is 17.5 Å². The van der Waals surface area contributed by atoms with Crippen molar-refractivity contribution < 1.29 is 9.59 Å². The molecule has 1 aromatic heterocycles. The van der Waals surface area contributed by atoms with Crippen LogP contribution in [0.2, 0.25) is 0 Å². The zero-order valence-electron chi connectivity index (χ0n) is 17.6. The predicted molar refractivity (Wildman–Crippen MR) is 115 cm³/mol. The number of para-hydroxylation sites is 1. The Labute approximate surface area is 173 Å². The Bertz CT molecular complexity index is 830. The number of fused-ring (bicyclic) bond motifs is 1. The molecule has 2 heterocycles. The van der Waals surface area contributed by atoms with Crippen molar-refractivity contribution in [3.8, 4) is 0 Å². The van der Waals surface area contributed by atoms with Crippen molar-refractivity contribution in [2.45, 2.75) is 58.4 Å². The first kappa shape index (κ1) is 21.1. The summed E-state index contributed by atoms with van der Waals surface area (Å²) in [6, 6.07) is 8.00. The molecule has 0 radical (unpaired) electrons. The molecule has 0 unspecified atom stereocenters. The Morgan fingerprint density at radius 2 is 1.76 bits per heavy atom. The number of rotatable bonds is 3. The highest BCUT2D eigenvalue weighted by molar-refractivity contribution is 5.92. The largest absolute Gasteiger partial charge is 0.338 e. The molecular formula is C23H32N4O2. The van der Waals surface area contributed by atoms with Gasteiger partial charge in [0.1, 0.15) is 0 Å². The normalized spacial score (nSPS) is 15.9. The minimum atomic E-state index is 0.0592. The Morgan fingerprint density at radius 1 is 1.03 bits per heavy atom. The number of hydrogen-bond donors (Lipinski definition) is 0. The van der Waals surface area contributed by atoms with Crippen LogP contribution < -0.4 is 4.90 Å². The van der Waals surface area contributed by atoms with E-state index in [2.05, 4.69) is 5.10 Å². The second kappa shape index (κ2) is 10.2. The van der Waals surface area contributed by atoms with Crippen molar-refractivity contribution in [3.63, 3.8) is 0 Å². The highest BCUT2D eigenvalue weighted by Crippen LogP contribution is 2.24. The van der Waals surface area contributed by atoms with E-state index in [4.69, 9.17) is 0 Å². The van der Waals surface area contributed by atoms with Crippen molar-refractivity contribution in [2.75, 3.05) is 18.0 Å². The third-order valence-electron chi connectivity index (χ3n) is 5.57. The summed E-state index contributed by atoms with van der Waals surface area (Å²) in [7, 11) is 1.89. The number of hydrogen-bond acceptors (Lipinski definition) is 3. The maximum atomic E-state index is 13.0. The van der Waals surface area contributed by atoms with Crippen molar-refractivity contribution in [1.82, 2.24) is 14.7 Å². The number of benzene rings is 1. The molecular weight excluding hydrogens is 364 g/mol. The van der Waals surface area contributed by atoms with Crippen LogP contribution in [-0.4, -0.2) is 39.6 Å². The maximum absolute atomic E-state index is 13.0. The summed E-state index contributed by atoms with van der Waals surface area (Å²) in [4.78, 5) is 29.2.